The molecule has 3 aromatic rings. The third kappa shape index (κ3) is 3.71. The second-order valence-electron chi connectivity index (χ2n) is 4.61. The van der Waals surface area contributed by atoms with Crippen LogP contribution in [-0.2, 0) is 4.79 Å². The van der Waals surface area contributed by atoms with E-state index < -0.39 is 0 Å². The first-order valence-electron chi connectivity index (χ1n) is 6.78. The molecule has 22 heavy (non-hydrogen) atoms. The van der Waals surface area contributed by atoms with Crippen molar-refractivity contribution in [2.75, 3.05) is 6.61 Å². The summed E-state index contributed by atoms with van der Waals surface area (Å²) in [4.78, 5) is 12.6. The van der Waals surface area contributed by atoms with Crippen LogP contribution in [0.3, 0.4) is 0 Å². The summed E-state index contributed by atoms with van der Waals surface area (Å²) in [5, 5.41) is 8.05. The van der Waals surface area contributed by atoms with Gasteiger partial charge in [0.1, 0.15) is 5.75 Å². The van der Waals surface area contributed by atoms with E-state index in [2.05, 4.69) is 10.5 Å². The quantitative estimate of drug-likeness (QED) is 0.580. The second-order valence-corrected chi connectivity index (χ2v) is 5.59. The summed E-state index contributed by atoms with van der Waals surface area (Å²) in [5.74, 6) is 0.372. The minimum Gasteiger partial charge on any atom is -0.484 e. The topological polar surface area (TPSA) is 50.7 Å². The third-order valence-corrected chi connectivity index (χ3v) is 3.82. The van der Waals surface area contributed by atoms with Crippen LogP contribution in [0.5, 0.6) is 5.75 Å². The first kappa shape index (κ1) is 14.3. The molecule has 0 spiro atoms. The molecule has 0 atom stereocenters. The number of nitrogens with one attached hydrogen (secondary N) is 1. The fourth-order valence-electron chi connectivity index (χ4n) is 1.97. The highest BCUT2D eigenvalue weighted by molar-refractivity contribution is 7.11. The fourth-order valence-corrected chi connectivity index (χ4v) is 2.56. The molecule has 1 amide bonds. The standard InChI is InChI=1S/C17H14N2O2S/c20-17(19-18-11-16-6-3-9-22-16)12-21-15-8-7-13-4-1-2-5-14(13)10-15/h1-11H,12H2,(H,19,20). The molecule has 0 aliphatic rings. The number of hydrazone groups is 1. The molecule has 4 nitrogen and oxygen atoms in total. The van der Waals surface area contributed by atoms with E-state index in [0.717, 1.165) is 15.6 Å². The summed E-state index contributed by atoms with van der Waals surface area (Å²) in [6.45, 7) is -0.0693. The lowest BCUT2D eigenvalue weighted by Gasteiger charge is -2.06. The van der Waals surface area contributed by atoms with Crippen molar-refractivity contribution >= 4 is 34.2 Å². The predicted octanol–water partition coefficient (Wildman–Crippen LogP) is 3.43. The van der Waals surface area contributed by atoms with Crippen LogP contribution in [0.25, 0.3) is 10.8 Å². The molecule has 1 N–H and O–H groups in total. The van der Waals surface area contributed by atoms with E-state index in [-0.39, 0.29) is 12.5 Å². The van der Waals surface area contributed by atoms with Gasteiger partial charge < -0.3 is 4.74 Å². The van der Waals surface area contributed by atoms with Gasteiger partial charge in [0.2, 0.25) is 0 Å². The van der Waals surface area contributed by atoms with Gasteiger partial charge in [0, 0.05) is 4.88 Å². The molecule has 5 heteroatoms. The molecule has 0 aliphatic carbocycles. The number of rotatable bonds is 5. The summed E-state index contributed by atoms with van der Waals surface area (Å²) < 4.78 is 5.48. The van der Waals surface area contributed by atoms with E-state index in [9.17, 15) is 4.79 Å². The Bertz CT molecular complexity index is 797. The van der Waals surface area contributed by atoms with Crippen molar-refractivity contribution in [2.24, 2.45) is 5.10 Å². The zero-order valence-corrected chi connectivity index (χ0v) is 12.5. The van der Waals surface area contributed by atoms with Crippen molar-refractivity contribution in [1.29, 1.82) is 0 Å². The Morgan fingerprint density at radius 3 is 2.82 bits per heavy atom. The normalized spacial score (nSPS) is 10.9. The zero-order chi connectivity index (χ0) is 15.2. The van der Waals surface area contributed by atoms with Gasteiger partial charge in [-0.1, -0.05) is 36.4 Å². The maximum absolute atomic E-state index is 11.7. The van der Waals surface area contributed by atoms with E-state index in [1.807, 2.05) is 60.0 Å². The van der Waals surface area contributed by atoms with E-state index in [0.29, 0.717) is 5.75 Å². The van der Waals surface area contributed by atoms with Gasteiger partial charge in [-0.3, -0.25) is 4.79 Å². The summed E-state index contributed by atoms with van der Waals surface area (Å²) in [6, 6.07) is 17.6. The third-order valence-electron chi connectivity index (χ3n) is 3.02. The Balaban J connectivity index is 1.53. The van der Waals surface area contributed by atoms with E-state index in [1.165, 1.54) is 0 Å². The molecule has 3 rings (SSSR count). The highest BCUT2D eigenvalue weighted by Gasteiger charge is 2.02. The number of carbonyl (C=O) groups excluding carboxylic acids is 1. The lowest BCUT2D eigenvalue weighted by atomic mass is 10.1. The molecule has 0 fully saturated rings. The SMILES string of the molecule is O=C(COc1ccc2ccccc2c1)NN=Cc1cccs1. The van der Waals surface area contributed by atoms with Gasteiger partial charge >= 0.3 is 0 Å². The van der Waals surface area contributed by atoms with Crippen molar-refractivity contribution in [3.8, 4) is 5.75 Å². The van der Waals surface area contributed by atoms with Gasteiger partial charge in [0.05, 0.1) is 6.21 Å². The van der Waals surface area contributed by atoms with Crippen LogP contribution in [0.1, 0.15) is 4.88 Å². The molecule has 0 radical (unpaired) electrons. The smallest absolute Gasteiger partial charge is 0.277 e. The van der Waals surface area contributed by atoms with Gasteiger partial charge in [0.15, 0.2) is 6.61 Å². The molecule has 0 bridgehead atoms. The van der Waals surface area contributed by atoms with Crippen LogP contribution in [0.2, 0.25) is 0 Å². The van der Waals surface area contributed by atoms with E-state index in [4.69, 9.17) is 4.74 Å². The largest absolute Gasteiger partial charge is 0.484 e. The van der Waals surface area contributed by atoms with Gasteiger partial charge in [-0.25, -0.2) is 5.43 Å². The highest BCUT2D eigenvalue weighted by Crippen LogP contribution is 2.20. The molecular formula is C17H14N2O2S. The Kier molecular flexibility index (Phi) is 4.46. The molecule has 1 aromatic heterocycles. The number of thiophene rings is 1. The number of nitrogens with zero attached hydrogens (tertiary/aromatic N) is 1. The van der Waals surface area contributed by atoms with Gasteiger partial charge in [-0.2, -0.15) is 5.10 Å². The average molecular weight is 310 g/mol. The predicted molar refractivity (Wildman–Crippen MR) is 89.5 cm³/mol. The van der Waals surface area contributed by atoms with Crippen LogP contribution in [-0.4, -0.2) is 18.7 Å². The van der Waals surface area contributed by atoms with E-state index in [1.54, 1.807) is 17.6 Å². The van der Waals surface area contributed by atoms with Crippen LogP contribution in [0.15, 0.2) is 65.1 Å². The molecular weight excluding hydrogens is 296 g/mol. The summed E-state index contributed by atoms with van der Waals surface area (Å²) >= 11 is 1.55. The van der Waals surface area contributed by atoms with Gasteiger partial charge in [-0.05, 0) is 34.4 Å². The fraction of sp³-hybridized carbons (Fsp3) is 0.0588. The molecule has 1 heterocycles. The Labute approximate surface area is 132 Å². The monoisotopic (exact) mass is 310 g/mol. The highest BCUT2D eigenvalue weighted by atomic mass is 32.1. The van der Waals surface area contributed by atoms with Crippen LogP contribution in [0, 0.1) is 0 Å². The van der Waals surface area contributed by atoms with E-state index >= 15 is 0 Å². The summed E-state index contributed by atoms with van der Waals surface area (Å²) in [6.07, 6.45) is 1.61. The lowest BCUT2D eigenvalue weighted by Crippen LogP contribution is -2.24. The Morgan fingerprint density at radius 2 is 2.00 bits per heavy atom. The number of fused-ring (bicyclic) bond motifs is 1. The van der Waals surface area contributed by atoms with Gasteiger partial charge in [-0.15, -0.1) is 11.3 Å². The Morgan fingerprint density at radius 1 is 1.14 bits per heavy atom. The molecule has 2 aromatic carbocycles. The minimum atomic E-state index is -0.291. The van der Waals surface area contributed by atoms with Crippen molar-refractivity contribution < 1.29 is 9.53 Å². The van der Waals surface area contributed by atoms with Crippen molar-refractivity contribution in [2.45, 2.75) is 0 Å². The second kappa shape index (κ2) is 6.87. The maximum atomic E-state index is 11.7. The van der Waals surface area contributed by atoms with Crippen molar-refractivity contribution in [3.05, 3.63) is 64.9 Å². The van der Waals surface area contributed by atoms with Crippen molar-refractivity contribution in [3.63, 3.8) is 0 Å². The first-order valence-corrected chi connectivity index (χ1v) is 7.66. The number of benzene rings is 2. The zero-order valence-electron chi connectivity index (χ0n) is 11.7. The summed E-state index contributed by atoms with van der Waals surface area (Å²) in [5.41, 5.74) is 2.44. The van der Waals surface area contributed by atoms with Crippen molar-refractivity contribution in [1.82, 2.24) is 5.43 Å². The molecule has 110 valence electrons. The number of carbonyl (C=O) groups is 1. The average Bonchev–Trinajstić information content (AvgIpc) is 3.06. The van der Waals surface area contributed by atoms with Crippen LogP contribution < -0.4 is 10.2 Å². The molecule has 0 aliphatic heterocycles. The van der Waals surface area contributed by atoms with Crippen LogP contribution in [0.4, 0.5) is 0 Å². The summed E-state index contributed by atoms with van der Waals surface area (Å²) in [7, 11) is 0. The van der Waals surface area contributed by atoms with Crippen LogP contribution >= 0.6 is 11.3 Å². The van der Waals surface area contributed by atoms with Gasteiger partial charge in [0.25, 0.3) is 5.91 Å². The number of amides is 1. The molecule has 0 unspecified atom stereocenters. The number of hydrogen-bond acceptors (Lipinski definition) is 4. The lowest BCUT2D eigenvalue weighted by molar-refractivity contribution is -0.123. The minimum absolute atomic E-state index is 0.0693. The Hall–Kier alpha value is -2.66. The number of ether oxygens (including phenoxy) is 1. The number of hydrogen-bond donors (Lipinski definition) is 1. The maximum Gasteiger partial charge on any atom is 0.277 e. The molecule has 0 saturated heterocycles. The first-order chi connectivity index (χ1) is 10.8. The molecule has 0 saturated carbocycles.